The van der Waals surface area contributed by atoms with Gasteiger partial charge >= 0.3 is 0 Å². The van der Waals surface area contributed by atoms with Gasteiger partial charge in [-0.2, -0.15) is 0 Å². The lowest BCUT2D eigenvalue weighted by molar-refractivity contribution is -0.130. The van der Waals surface area contributed by atoms with Gasteiger partial charge in [-0.3, -0.25) is 9.59 Å². The fourth-order valence-corrected chi connectivity index (χ4v) is 1.84. The SMILES string of the molecule is Cn1nnnc1-c1cccc(NC(=O)CNC(=O)C(C)(C)C)c1. The molecule has 2 aromatic rings. The van der Waals surface area contributed by atoms with E-state index in [9.17, 15) is 9.59 Å². The molecule has 0 aliphatic carbocycles. The first-order valence-electron chi connectivity index (χ1n) is 7.18. The molecule has 23 heavy (non-hydrogen) atoms. The predicted molar refractivity (Wildman–Crippen MR) is 85.3 cm³/mol. The number of hydrogen-bond donors (Lipinski definition) is 2. The van der Waals surface area contributed by atoms with Crippen LogP contribution in [0.3, 0.4) is 0 Å². The number of amides is 2. The van der Waals surface area contributed by atoms with Crippen LogP contribution in [0, 0.1) is 5.41 Å². The van der Waals surface area contributed by atoms with Crippen molar-refractivity contribution in [2.45, 2.75) is 20.8 Å². The van der Waals surface area contributed by atoms with Gasteiger partial charge in [0.1, 0.15) is 0 Å². The van der Waals surface area contributed by atoms with Crippen LogP contribution in [0.1, 0.15) is 20.8 Å². The zero-order valence-corrected chi connectivity index (χ0v) is 13.6. The van der Waals surface area contributed by atoms with Crippen LogP contribution < -0.4 is 10.6 Å². The minimum absolute atomic E-state index is 0.0775. The Labute approximate surface area is 134 Å². The molecule has 1 aromatic heterocycles. The van der Waals surface area contributed by atoms with E-state index in [1.165, 1.54) is 0 Å². The van der Waals surface area contributed by atoms with Crippen LogP contribution >= 0.6 is 0 Å². The van der Waals surface area contributed by atoms with E-state index in [-0.39, 0.29) is 18.4 Å². The van der Waals surface area contributed by atoms with E-state index >= 15 is 0 Å². The van der Waals surface area contributed by atoms with Crippen LogP contribution in [-0.4, -0.2) is 38.6 Å². The van der Waals surface area contributed by atoms with Crippen molar-refractivity contribution in [1.29, 1.82) is 0 Å². The summed E-state index contributed by atoms with van der Waals surface area (Å²) in [5.41, 5.74) is 0.868. The summed E-state index contributed by atoms with van der Waals surface area (Å²) in [6.45, 7) is 5.29. The Bertz CT molecular complexity index is 717. The molecule has 8 heteroatoms. The highest BCUT2D eigenvalue weighted by Gasteiger charge is 2.21. The summed E-state index contributed by atoms with van der Waals surface area (Å²) in [7, 11) is 1.74. The second kappa shape index (κ2) is 6.55. The first kappa shape index (κ1) is 16.6. The molecule has 122 valence electrons. The highest BCUT2D eigenvalue weighted by Crippen LogP contribution is 2.19. The van der Waals surface area contributed by atoms with Gasteiger partial charge in [0.2, 0.25) is 11.8 Å². The highest BCUT2D eigenvalue weighted by molar-refractivity contribution is 5.95. The van der Waals surface area contributed by atoms with Crippen molar-refractivity contribution in [3.8, 4) is 11.4 Å². The summed E-state index contributed by atoms with van der Waals surface area (Å²) in [6.07, 6.45) is 0. The molecule has 2 N–H and O–H groups in total. The molecule has 0 spiro atoms. The molecule has 2 amide bonds. The highest BCUT2D eigenvalue weighted by atomic mass is 16.2. The fourth-order valence-electron chi connectivity index (χ4n) is 1.84. The summed E-state index contributed by atoms with van der Waals surface area (Å²) < 4.78 is 1.55. The van der Waals surface area contributed by atoms with Crippen molar-refractivity contribution < 1.29 is 9.59 Å². The van der Waals surface area contributed by atoms with Gasteiger partial charge in [-0.15, -0.1) is 5.10 Å². The van der Waals surface area contributed by atoms with Crippen molar-refractivity contribution in [3.05, 3.63) is 24.3 Å². The smallest absolute Gasteiger partial charge is 0.243 e. The number of rotatable bonds is 4. The molecule has 8 nitrogen and oxygen atoms in total. The Hall–Kier alpha value is -2.77. The van der Waals surface area contributed by atoms with E-state index in [1.54, 1.807) is 50.7 Å². The van der Waals surface area contributed by atoms with Gasteiger partial charge in [0.15, 0.2) is 5.82 Å². The van der Waals surface area contributed by atoms with E-state index in [2.05, 4.69) is 26.2 Å². The second-order valence-corrected chi connectivity index (χ2v) is 6.19. The van der Waals surface area contributed by atoms with E-state index in [4.69, 9.17) is 0 Å². The average molecular weight is 316 g/mol. The third-order valence-electron chi connectivity index (χ3n) is 3.12. The lowest BCUT2D eigenvalue weighted by atomic mass is 9.96. The Balaban J connectivity index is 2.00. The van der Waals surface area contributed by atoms with Crippen LogP contribution in [-0.2, 0) is 16.6 Å². The maximum Gasteiger partial charge on any atom is 0.243 e. The fraction of sp³-hybridized carbons (Fsp3) is 0.400. The zero-order valence-electron chi connectivity index (χ0n) is 13.6. The summed E-state index contributed by atoms with van der Waals surface area (Å²) >= 11 is 0. The van der Waals surface area contributed by atoms with Crippen molar-refractivity contribution in [1.82, 2.24) is 25.5 Å². The molecule has 1 aromatic carbocycles. The molecular weight excluding hydrogens is 296 g/mol. The molecule has 2 rings (SSSR count). The minimum Gasteiger partial charge on any atom is -0.347 e. The number of nitrogens with one attached hydrogen (secondary N) is 2. The van der Waals surface area contributed by atoms with Gasteiger partial charge in [-0.05, 0) is 22.6 Å². The van der Waals surface area contributed by atoms with E-state index in [1.807, 2.05) is 6.07 Å². The molecule has 0 aliphatic rings. The van der Waals surface area contributed by atoms with Gasteiger partial charge in [0.25, 0.3) is 0 Å². The Kier molecular flexibility index (Phi) is 4.73. The third kappa shape index (κ3) is 4.35. The number of aryl methyl sites for hydroxylation is 1. The van der Waals surface area contributed by atoms with Gasteiger partial charge in [0.05, 0.1) is 6.54 Å². The number of aromatic nitrogens is 4. The first-order chi connectivity index (χ1) is 10.8. The number of carbonyl (C=O) groups is 2. The Morgan fingerprint density at radius 3 is 2.61 bits per heavy atom. The number of anilines is 1. The van der Waals surface area contributed by atoms with Crippen LogP contribution in [0.2, 0.25) is 0 Å². The number of benzene rings is 1. The van der Waals surface area contributed by atoms with Crippen LogP contribution in [0.25, 0.3) is 11.4 Å². The van der Waals surface area contributed by atoms with Gasteiger partial charge in [0, 0.05) is 23.7 Å². The molecule has 0 aliphatic heterocycles. The molecular formula is C15H20N6O2. The van der Waals surface area contributed by atoms with Crippen LogP contribution in [0.5, 0.6) is 0 Å². The summed E-state index contributed by atoms with van der Waals surface area (Å²) in [5.74, 6) is 0.129. The largest absolute Gasteiger partial charge is 0.347 e. The van der Waals surface area contributed by atoms with Crippen molar-refractivity contribution in [2.75, 3.05) is 11.9 Å². The second-order valence-electron chi connectivity index (χ2n) is 6.19. The monoisotopic (exact) mass is 316 g/mol. The van der Waals surface area contributed by atoms with Gasteiger partial charge in [-0.25, -0.2) is 4.68 Å². The molecule has 0 radical (unpaired) electrons. The number of nitrogens with zero attached hydrogens (tertiary/aromatic N) is 4. The van der Waals surface area contributed by atoms with E-state index < -0.39 is 5.41 Å². The van der Waals surface area contributed by atoms with Gasteiger partial charge in [-0.1, -0.05) is 32.9 Å². The number of tetrazole rings is 1. The first-order valence-corrected chi connectivity index (χ1v) is 7.18. The maximum absolute atomic E-state index is 11.9. The maximum atomic E-state index is 11.9. The zero-order chi connectivity index (χ0) is 17.0. The molecule has 0 bridgehead atoms. The summed E-state index contributed by atoms with van der Waals surface area (Å²) in [6, 6.07) is 7.18. The summed E-state index contributed by atoms with van der Waals surface area (Å²) in [5, 5.41) is 16.6. The predicted octanol–water partition coefficient (Wildman–Crippen LogP) is 0.978. The van der Waals surface area contributed by atoms with Crippen molar-refractivity contribution in [2.24, 2.45) is 12.5 Å². The lowest BCUT2D eigenvalue weighted by Gasteiger charge is -2.17. The van der Waals surface area contributed by atoms with E-state index in [0.29, 0.717) is 11.5 Å². The van der Waals surface area contributed by atoms with Crippen LogP contribution in [0.4, 0.5) is 5.69 Å². The molecule has 0 atom stereocenters. The number of hydrogen-bond acceptors (Lipinski definition) is 5. The third-order valence-corrected chi connectivity index (χ3v) is 3.12. The van der Waals surface area contributed by atoms with Crippen molar-refractivity contribution in [3.63, 3.8) is 0 Å². The molecule has 0 saturated carbocycles. The van der Waals surface area contributed by atoms with E-state index in [0.717, 1.165) is 5.56 Å². The molecule has 0 unspecified atom stereocenters. The van der Waals surface area contributed by atoms with Gasteiger partial charge < -0.3 is 10.6 Å². The topological polar surface area (TPSA) is 102 Å². The Morgan fingerprint density at radius 1 is 1.26 bits per heavy atom. The quantitative estimate of drug-likeness (QED) is 0.875. The Morgan fingerprint density at radius 2 is 2.00 bits per heavy atom. The van der Waals surface area contributed by atoms with Crippen LogP contribution in [0.15, 0.2) is 24.3 Å². The number of carbonyl (C=O) groups excluding carboxylic acids is 2. The minimum atomic E-state index is -0.529. The normalized spacial score (nSPS) is 11.1. The van der Waals surface area contributed by atoms with Crippen molar-refractivity contribution >= 4 is 17.5 Å². The standard InChI is InChI=1S/C15H20N6O2/c1-15(2,3)14(23)16-9-12(22)17-11-7-5-6-10(8-11)13-18-19-20-21(13)4/h5-8H,9H2,1-4H3,(H,16,23)(H,17,22). The summed E-state index contributed by atoms with van der Waals surface area (Å²) in [4.78, 5) is 23.7. The molecule has 1 heterocycles. The molecule has 0 fully saturated rings. The lowest BCUT2D eigenvalue weighted by Crippen LogP contribution is -2.39. The average Bonchev–Trinajstić information content (AvgIpc) is 2.90. The molecule has 0 saturated heterocycles.